The number of nitrogens with two attached hydrogens (primary N) is 1. The molecule has 0 aliphatic rings. The molecule has 5 N–H and O–H groups in total. The Balaban J connectivity index is 1.71. The van der Waals surface area contributed by atoms with Crippen molar-refractivity contribution < 1.29 is 22.8 Å². The summed E-state index contributed by atoms with van der Waals surface area (Å²) in [6, 6.07) is 2.47. The van der Waals surface area contributed by atoms with Crippen molar-refractivity contribution in [3.63, 3.8) is 0 Å². The lowest BCUT2D eigenvalue weighted by Gasteiger charge is -2.14. The van der Waals surface area contributed by atoms with Crippen LogP contribution in [-0.4, -0.2) is 33.8 Å². The number of carbonyl (C=O) groups is 2. The van der Waals surface area contributed by atoms with E-state index in [4.69, 9.17) is 17.3 Å². The van der Waals surface area contributed by atoms with Crippen LogP contribution < -0.4 is 21.7 Å². The van der Waals surface area contributed by atoms with Crippen molar-refractivity contribution in [1.82, 2.24) is 25.6 Å². The fourth-order valence-corrected chi connectivity index (χ4v) is 3.95. The number of benzene rings is 1. The molecule has 1 aromatic carbocycles. The lowest BCUT2D eigenvalue weighted by molar-refractivity contribution is -0.137. The number of hydrogen-bond donors (Lipinski definition) is 4. The van der Waals surface area contributed by atoms with Crippen molar-refractivity contribution in [2.24, 2.45) is 0 Å². The first-order chi connectivity index (χ1) is 16.0. The summed E-state index contributed by atoms with van der Waals surface area (Å²) in [6.07, 6.45) is -2.21. The molecule has 0 saturated carbocycles. The molecule has 9 nitrogen and oxygen atoms in total. The van der Waals surface area contributed by atoms with Gasteiger partial charge in [0.15, 0.2) is 0 Å². The van der Waals surface area contributed by atoms with Crippen LogP contribution in [0.1, 0.15) is 49.3 Å². The highest BCUT2D eigenvalue weighted by atomic mass is 35.5. The topological polar surface area (TPSA) is 135 Å². The van der Waals surface area contributed by atoms with Gasteiger partial charge in [0.2, 0.25) is 0 Å². The van der Waals surface area contributed by atoms with Crippen molar-refractivity contribution in [1.29, 1.82) is 0 Å². The summed E-state index contributed by atoms with van der Waals surface area (Å²) in [6.45, 7) is 1.95. The Kier molecular flexibility index (Phi) is 7.69. The molecule has 0 spiro atoms. The zero-order chi connectivity index (χ0) is 25.0. The van der Waals surface area contributed by atoms with Crippen molar-refractivity contribution in [2.45, 2.75) is 25.7 Å². The molecule has 2 heterocycles. The third-order valence-electron chi connectivity index (χ3n) is 4.54. The Morgan fingerprint density at radius 1 is 1.21 bits per heavy atom. The molecule has 180 valence electrons. The average molecular weight is 514 g/mol. The molecule has 0 bridgehead atoms. The van der Waals surface area contributed by atoms with Crippen LogP contribution in [0, 0.1) is 0 Å². The predicted octanol–water partition coefficient (Wildman–Crippen LogP) is 3.65. The van der Waals surface area contributed by atoms with Crippen LogP contribution in [0.25, 0.3) is 0 Å². The molecular formula is C20H19ClF3N7O2S. The lowest BCUT2D eigenvalue weighted by Crippen LogP contribution is -2.29. The minimum Gasteiger partial charge on any atom is -0.383 e. The van der Waals surface area contributed by atoms with Gasteiger partial charge in [0, 0.05) is 17.8 Å². The number of amides is 2. The van der Waals surface area contributed by atoms with E-state index in [1.165, 1.54) is 18.6 Å². The SMILES string of the molecule is CNCc1c(N)ncnc1C(=O)NC(C)c1ncc(C(=O)Nc2ccc(Cl)c(C(F)(F)F)c2)s1. The smallest absolute Gasteiger partial charge is 0.383 e. The molecule has 1 unspecified atom stereocenters. The van der Waals surface area contributed by atoms with E-state index < -0.39 is 34.6 Å². The quantitative estimate of drug-likeness (QED) is 0.378. The fraction of sp³-hybridized carbons (Fsp3) is 0.250. The highest BCUT2D eigenvalue weighted by molar-refractivity contribution is 7.13. The second-order valence-corrected chi connectivity index (χ2v) is 8.49. The molecule has 14 heteroatoms. The Morgan fingerprint density at radius 2 is 1.94 bits per heavy atom. The van der Waals surface area contributed by atoms with Gasteiger partial charge in [0.1, 0.15) is 27.7 Å². The molecule has 2 amide bonds. The number of anilines is 2. The van der Waals surface area contributed by atoms with Crippen LogP contribution in [0.5, 0.6) is 0 Å². The number of halogens is 4. The van der Waals surface area contributed by atoms with Crippen LogP contribution in [-0.2, 0) is 12.7 Å². The molecule has 1 atom stereocenters. The van der Waals surface area contributed by atoms with E-state index in [0.29, 0.717) is 10.6 Å². The number of nitrogen functional groups attached to an aromatic ring is 1. The number of carbonyl (C=O) groups excluding carboxylic acids is 2. The van der Waals surface area contributed by atoms with Gasteiger partial charge < -0.3 is 21.7 Å². The summed E-state index contributed by atoms with van der Waals surface area (Å²) in [5, 5.41) is 7.95. The van der Waals surface area contributed by atoms with Crippen LogP contribution in [0.15, 0.2) is 30.7 Å². The highest BCUT2D eigenvalue weighted by Crippen LogP contribution is 2.36. The molecule has 0 fully saturated rings. The zero-order valence-corrected chi connectivity index (χ0v) is 19.4. The highest BCUT2D eigenvalue weighted by Gasteiger charge is 2.33. The van der Waals surface area contributed by atoms with Gasteiger partial charge in [-0.1, -0.05) is 11.6 Å². The fourth-order valence-electron chi connectivity index (χ4n) is 2.91. The lowest BCUT2D eigenvalue weighted by atomic mass is 10.2. The second kappa shape index (κ2) is 10.3. The van der Waals surface area contributed by atoms with Gasteiger partial charge >= 0.3 is 6.18 Å². The summed E-state index contributed by atoms with van der Waals surface area (Å²) in [4.78, 5) is 37.4. The number of rotatable bonds is 7. The second-order valence-electron chi connectivity index (χ2n) is 7.02. The molecule has 3 aromatic rings. The van der Waals surface area contributed by atoms with E-state index in [0.717, 1.165) is 23.5 Å². The van der Waals surface area contributed by atoms with E-state index in [-0.39, 0.29) is 28.6 Å². The summed E-state index contributed by atoms with van der Waals surface area (Å²) in [5.74, 6) is -0.988. The summed E-state index contributed by atoms with van der Waals surface area (Å²) >= 11 is 6.58. The summed E-state index contributed by atoms with van der Waals surface area (Å²) < 4.78 is 39.1. The maximum Gasteiger partial charge on any atom is 0.417 e. The molecule has 0 aliphatic heterocycles. The van der Waals surface area contributed by atoms with Gasteiger partial charge in [0.05, 0.1) is 22.8 Å². The van der Waals surface area contributed by atoms with E-state index >= 15 is 0 Å². The standard InChI is InChI=1S/C20H19ClF3N7O2S/c1-9(30-18(33)15-11(6-26-2)16(25)29-8-28-15)19-27-7-14(34-19)17(32)31-10-3-4-13(21)12(5-10)20(22,23)24/h3-5,7-9,26H,6H2,1-2H3,(H,30,33)(H,31,32)(H2,25,28,29). The maximum absolute atomic E-state index is 13.0. The predicted molar refractivity (Wildman–Crippen MR) is 122 cm³/mol. The minimum atomic E-state index is -4.66. The van der Waals surface area contributed by atoms with E-state index in [1.54, 1.807) is 14.0 Å². The Bertz CT molecular complexity index is 1220. The number of alkyl halides is 3. The minimum absolute atomic E-state index is 0.0727. The monoisotopic (exact) mass is 513 g/mol. The normalized spacial score (nSPS) is 12.3. The number of aromatic nitrogens is 3. The Morgan fingerprint density at radius 3 is 2.62 bits per heavy atom. The van der Waals surface area contributed by atoms with Crippen molar-refractivity contribution in [3.8, 4) is 0 Å². The van der Waals surface area contributed by atoms with Crippen molar-refractivity contribution >= 4 is 46.3 Å². The first kappa shape index (κ1) is 25.3. The van der Waals surface area contributed by atoms with Gasteiger partial charge in [-0.25, -0.2) is 15.0 Å². The third kappa shape index (κ3) is 5.79. The van der Waals surface area contributed by atoms with E-state index in [9.17, 15) is 22.8 Å². The molecule has 3 rings (SSSR count). The Labute approximate surface area is 201 Å². The number of nitrogens with zero attached hydrogens (tertiary/aromatic N) is 3. The van der Waals surface area contributed by atoms with Gasteiger partial charge in [-0.05, 0) is 32.2 Å². The van der Waals surface area contributed by atoms with Crippen molar-refractivity contribution in [2.75, 3.05) is 18.1 Å². The largest absolute Gasteiger partial charge is 0.417 e. The number of nitrogens with one attached hydrogen (secondary N) is 3. The van der Waals surface area contributed by atoms with E-state index in [2.05, 4.69) is 30.9 Å². The Hall–Kier alpha value is -3.29. The van der Waals surface area contributed by atoms with Gasteiger partial charge in [-0.15, -0.1) is 11.3 Å². The average Bonchev–Trinajstić information content (AvgIpc) is 3.26. The summed E-state index contributed by atoms with van der Waals surface area (Å²) in [7, 11) is 1.69. The third-order valence-corrected chi connectivity index (χ3v) is 6.05. The molecular weight excluding hydrogens is 495 g/mol. The van der Waals surface area contributed by atoms with Crippen LogP contribution in [0.4, 0.5) is 24.7 Å². The van der Waals surface area contributed by atoms with Gasteiger partial charge in [-0.2, -0.15) is 13.2 Å². The molecule has 0 saturated heterocycles. The van der Waals surface area contributed by atoms with Gasteiger partial charge in [-0.3, -0.25) is 9.59 Å². The van der Waals surface area contributed by atoms with Crippen LogP contribution in [0.3, 0.4) is 0 Å². The van der Waals surface area contributed by atoms with E-state index in [1.807, 2.05) is 0 Å². The number of thiazole rings is 1. The summed E-state index contributed by atoms with van der Waals surface area (Å²) in [5.41, 5.74) is 5.24. The molecule has 0 aliphatic carbocycles. The van der Waals surface area contributed by atoms with Gasteiger partial charge in [0.25, 0.3) is 11.8 Å². The first-order valence-electron chi connectivity index (χ1n) is 9.70. The van der Waals surface area contributed by atoms with Crippen molar-refractivity contribution in [3.05, 3.63) is 62.5 Å². The molecule has 34 heavy (non-hydrogen) atoms. The van der Waals surface area contributed by atoms with Crippen LogP contribution >= 0.6 is 22.9 Å². The molecule has 0 radical (unpaired) electrons. The molecule has 2 aromatic heterocycles. The van der Waals surface area contributed by atoms with Crippen LogP contribution in [0.2, 0.25) is 5.02 Å². The first-order valence-corrected chi connectivity index (χ1v) is 10.9. The number of hydrogen-bond acceptors (Lipinski definition) is 8. The maximum atomic E-state index is 13.0. The zero-order valence-electron chi connectivity index (χ0n) is 17.8.